The molecule has 6 nitrogen and oxygen atoms in total. The number of carbonyl (C=O) groups excluding carboxylic acids is 2. The Morgan fingerprint density at radius 3 is 2.39 bits per heavy atom. The molecule has 2 unspecified atom stereocenters. The van der Waals surface area contributed by atoms with Crippen LogP contribution in [0.2, 0.25) is 0 Å². The molecule has 3 rings (SSSR count). The van der Waals surface area contributed by atoms with Gasteiger partial charge in [-0.2, -0.15) is 0 Å². The standard InChI is InChI=1S/C21H31N3O3.ClH/c1-27-19-7-5-15(6-8-19)14-23-20(25)16-9-11-24(12-10-16)21(26)17-3-2-4-18(22)13-17;/h5-8,16-18H,2-4,9-14,22H2,1H3,(H,23,25);1H. The summed E-state index contributed by atoms with van der Waals surface area (Å²) in [5, 5.41) is 3.02. The number of likely N-dealkylation sites (tertiary alicyclic amines) is 1. The fourth-order valence-electron chi connectivity index (χ4n) is 4.15. The number of halogens is 1. The third kappa shape index (κ3) is 5.85. The van der Waals surface area contributed by atoms with Gasteiger partial charge in [0.15, 0.2) is 0 Å². The van der Waals surface area contributed by atoms with E-state index in [0.717, 1.165) is 49.8 Å². The van der Waals surface area contributed by atoms with Crippen LogP contribution in [0.1, 0.15) is 44.1 Å². The highest BCUT2D eigenvalue weighted by Crippen LogP contribution is 2.27. The van der Waals surface area contributed by atoms with Crippen molar-refractivity contribution in [2.24, 2.45) is 17.6 Å². The smallest absolute Gasteiger partial charge is 0.225 e. The number of methoxy groups -OCH3 is 1. The van der Waals surface area contributed by atoms with Gasteiger partial charge in [-0.3, -0.25) is 9.59 Å². The predicted molar refractivity (Wildman–Crippen MR) is 111 cm³/mol. The molecule has 1 aromatic carbocycles. The van der Waals surface area contributed by atoms with Gasteiger partial charge in [-0.1, -0.05) is 18.6 Å². The number of hydrogen-bond donors (Lipinski definition) is 2. The first-order valence-electron chi connectivity index (χ1n) is 10.0. The van der Waals surface area contributed by atoms with Gasteiger partial charge in [0.2, 0.25) is 11.8 Å². The van der Waals surface area contributed by atoms with Gasteiger partial charge in [0, 0.05) is 37.5 Å². The molecule has 1 aliphatic heterocycles. The Morgan fingerprint density at radius 2 is 1.79 bits per heavy atom. The largest absolute Gasteiger partial charge is 0.497 e. The molecule has 28 heavy (non-hydrogen) atoms. The first kappa shape index (κ1) is 22.5. The van der Waals surface area contributed by atoms with Gasteiger partial charge in [-0.25, -0.2) is 0 Å². The average Bonchev–Trinajstić information content (AvgIpc) is 2.72. The van der Waals surface area contributed by atoms with Gasteiger partial charge < -0.3 is 20.7 Å². The number of nitrogens with zero attached hydrogens (tertiary/aromatic N) is 1. The minimum atomic E-state index is -0.0130. The topological polar surface area (TPSA) is 84.7 Å². The Morgan fingerprint density at radius 1 is 1.11 bits per heavy atom. The number of nitrogens with one attached hydrogen (secondary N) is 1. The summed E-state index contributed by atoms with van der Waals surface area (Å²) in [6.45, 7) is 1.86. The van der Waals surface area contributed by atoms with Crippen LogP contribution in [-0.4, -0.2) is 43.0 Å². The number of carbonyl (C=O) groups is 2. The van der Waals surface area contributed by atoms with Gasteiger partial charge in [0.25, 0.3) is 0 Å². The van der Waals surface area contributed by atoms with E-state index in [-0.39, 0.29) is 42.1 Å². The molecule has 1 aliphatic carbocycles. The van der Waals surface area contributed by atoms with Gasteiger partial charge in [-0.05, 0) is 49.8 Å². The zero-order valence-electron chi connectivity index (χ0n) is 16.6. The molecule has 2 amide bonds. The van der Waals surface area contributed by atoms with Crippen molar-refractivity contribution in [3.05, 3.63) is 29.8 Å². The lowest BCUT2D eigenvalue weighted by molar-refractivity contribution is -0.140. The van der Waals surface area contributed by atoms with Crippen LogP contribution in [-0.2, 0) is 16.1 Å². The number of ether oxygens (including phenoxy) is 1. The Hall–Kier alpha value is -1.79. The zero-order chi connectivity index (χ0) is 19.2. The minimum absolute atomic E-state index is 0. The van der Waals surface area contributed by atoms with Crippen molar-refractivity contribution in [2.45, 2.75) is 51.1 Å². The summed E-state index contributed by atoms with van der Waals surface area (Å²) in [4.78, 5) is 27.1. The molecule has 1 saturated heterocycles. The second kappa shape index (κ2) is 10.7. The maximum Gasteiger partial charge on any atom is 0.225 e. The summed E-state index contributed by atoms with van der Waals surface area (Å²) in [5.74, 6) is 1.19. The monoisotopic (exact) mass is 409 g/mol. The predicted octanol–water partition coefficient (Wildman–Crippen LogP) is 2.49. The number of rotatable bonds is 5. The molecule has 1 heterocycles. The summed E-state index contributed by atoms with van der Waals surface area (Å²) in [6.07, 6.45) is 5.30. The van der Waals surface area contributed by atoms with Crippen molar-refractivity contribution in [1.82, 2.24) is 10.2 Å². The summed E-state index contributed by atoms with van der Waals surface area (Å²) in [6, 6.07) is 7.85. The highest BCUT2D eigenvalue weighted by atomic mass is 35.5. The van der Waals surface area contributed by atoms with E-state index in [2.05, 4.69) is 5.32 Å². The highest BCUT2D eigenvalue weighted by molar-refractivity contribution is 5.85. The van der Waals surface area contributed by atoms with Crippen LogP contribution in [0.15, 0.2) is 24.3 Å². The highest BCUT2D eigenvalue weighted by Gasteiger charge is 2.32. The Labute approximate surface area is 173 Å². The first-order chi connectivity index (χ1) is 13.1. The zero-order valence-corrected chi connectivity index (χ0v) is 17.4. The van der Waals surface area contributed by atoms with E-state index in [0.29, 0.717) is 19.6 Å². The number of benzene rings is 1. The van der Waals surface area contributed by atoms with Crippen molar-refractivity contribution in [2.75, 3.05) is 20.2 Å². The van der Waals surface area contributed by atoms with Crippen LogP contribution >= 0.6 is 12.4 Å². The van der Waals surface area contributed by atoms with Gasteiger partial charge in [0.05, 0.1) is 7.11 Å². The van der Waals surface area contributed by atoms with Crippen LogP contribution in [0.3, 0.4) is 0 Å². The van der Waals surface area contributed by atoms with Crippen LogP contribution < -0.4 is 15.8 Å². The average molecular weight is 410 g/mol. The summed E-state index contributed by atoms with van der Waals surface area (Å²) in [7, 11) is 1.64. The van der Waals surface area contributed by atoms with Crippen molar-refractivity contribution in [3.63, 3.8) is 0 Å². The third-order valence-electron chi connectivity index (χ3n) is 5.87. The third-order valence-corrected chi connectivity index (χ3v) is 5.87. The van der Waals surface area contributed by atoms with Crippen molar-refractivity contribution >= 4 is 24.2 Å². The molecule has 2 fully saturated rings. The van der Waals surface area contributed by atoms with E-state index in [1.165, 1.54) is 0 Å². The fraction of sp³-hybridized carbons (Fsp3) is 0.619. The maximum absolute atomic E-state index is 12.7. The van der Waals surface area contributed by atoms with E-state index in [4.69, 9.17) is 10.5 Å². The molecule has 0 bridgehead atoms. The second-order valence-electron chi connectivity index (χ2n) is 7.79. The molecule has 156 valence electrons. The molecule has 0 spiro atoms. The first-order valence-corrected chi connectivity index (χ1v) is 10.0. The number of hydrogen-bond acceptors (Lipinski definition) is 4. The van der Waals surface area contributed by atoms with Crippen molar-refractivity contribution < 1.29 is 14.3 Å². The van der Waals surface area contributed by atoms with Crippen molar-refractivity contribution in [3.8, 4) is 5.75 Å². The molecular weight excluding hydrogens is 378 g/mol. The van der Waals surface area contributed by atoms with Gasteiger partial charge >= 0.3 is 0 Å². The van der Waals surface area contributed by atoms with Gasteiger partial charge in [-0.15, -0.1) is 12.4 Å². The molecule has 0 radical (unpaired) electrons. The van der Waals surface area contributed by atoms with Crippen LogP contribution in [0.25, 0.3) is 0 Å². The quantitative estimate of drug-likeness (QED) is 0.782. The van der Waals surface area contributed by atoms with E-state index in [9.17, 15) is 9.59 Å². The van der Waals surface area contributed by atoms with E-state index < -0.39 is 0 Å². The SMILES string of the molecule is COc1ccc(CNC(=O)C2CCN(C(=O)C3CCCC(N)C3)CC2)cc1.Cl. The molecule has 2 aliphatic rings. The molecule has 1 saturated carbocycles. The minimum Gasteiger partial charge on any atom is -0.497 e. The number of nitrogens with two attached hydrogens (primary N) is 1. The second-order valence-corrected chi connectivity index (χ2v) is 7.79. The molecule has 3 N–H and O–H groups in total. The van der Waals surface area contributed by atoms with Crippen LogP contribution in [0.5, 0.6) is 5.75 Å². The molecule has 1 aromatic rings. The lowest BCUT2D eigenvalue weighted by atomic mass is 9.84. The van der Waals surface area contributed by atoms with Crippen LogP contribution in [0, 0.1) is 11.8 Å². The fourth-order valence-corrected chi connectivity index (χ4v) is 4.15. The van der Waals surface area contributed by atoms with E-state index >= 15 is 0 Å². The van der Waals surface area contributed by atoms with E-state index in [1.54, 1.807) is 7.11 Å². The molecule has 2 atom stereocenters. The summed E-state index contributed by atoms with van der Waals surface area (Å²) < 4.78 is 5.14. The Bertz CT molecular complexity index is 645. The number of amides is 2. The van der Waals surface area contributed by atoms with Gasteiger partial charge in [0.1, 0.15) is 5.75 Å². The normalized spacial score (nSPS) is 22.9. The lowest BCUT2D eigenvalue weighted by Crippen LogP contribution is -2.46. The van der Waals surface area contributed by atoms with Crippen LogP contribution in [0.4, 0.5) is 0 Å². The van der Waals surface area contributed by atoms with Crippen molar-refractivity contribution in [1.29, 1.82) is 0 Å². The molecule has 7 heteroatoms. The lowest BCUT2D eigenvalue weighted by Gasteiger charge is -2.35. The Kier molecular flexibility index (Phi) is 8.58. The summed E-state index contributed by atoms with van der Waals surface area (Å²) in [5.41, 5.74) is 7.07. The molecular formula is C21H32ClN3O3. The van der Waals surface area contributed by atoms with E-state index in [1.807, 2.05) is 29.2 Å². The maximum atomic E-state index is 12.7. The summed E-state index contributed by atoms with van der Waals surface area (Å²) >= 11 is 0. The molecule has 0 aromatic heterocycles. The Balaban J connectivity index is 0.00000280. The number of piperidine rings is 1.